The first-order chi connectivity index (χ1) is 21.5. The zero-order chi connectivity index (χ0) is 32.4. The molecule has 0 atom stereocenters. The summed E-state index contributed by atoms with van der Waals surface area (Å²) in [6.07, 6.45) is 0. The van der Waals surface area contributed by atoms with E-state index < -0.39 is 26.0 Å². The third kappa shape index (κ3) is 6.48. The van der Waals surface area contributed by atoms with Crippen molar-refractivity contribution >= 4 is 37.5 Å². The summed E-state index contributed by atoms with van der Waals surface area (Å²) in [5.41, 5.74) is 3.01. The van der Waals surface area contributed by atoms with Crippen LogP contribution in [-0.4, -0.2) is 53.1 Å². The van der Waals surface area contributed by atoms with Gasteiger partial charge in [-0.2, -0.15) is 12.7 Å². The molecule has 5 rings (SSSR count). The second kappa shape index (κ2) is 12.8. The molecular formula is C33H33N3O7S2. The van der Waals surface area contributed by atoms with Crippen LogP contribution >= 0.6 is 0 Å². The average Bonchev–Trinajstić information content (AvgIpc) is 3.32. The van der Waals surface area contributed by atoms with Gasteiger partial charge in [-0.15, -0.1) is 4.40 Å². The molecule has 1 heterocycles. The van der Waals surface area contributed by atoms with Crippen LogP contribution in [0.3, 0.4) is 0 Å². The third-order valence-electron chi connectivity index (χ3n) is 7.49. The van der Waals surface area contributed by atoms with Crippen LogP contribution in [0, 0.1) is 6.92 Å². The number of nitrogens with zero attached hydrogens (tertiary/aromatic N) is 3. The van der Waals surface area contributed by atoms with E-state index >= 15 is 0 Å². The standard InChI is InChI=1S/C33H33N3O7S2/c1-5-35(6-2)45(40,41)29-20-12-25(13-21-29)33(37)43-28-18-14-26(15-19-28)36(22-24-10-16-27(42-4)17-11-24)32-31-23(3)8-7-9-30(31)44(38,39)34-32/h7-21H,5-6,22H2,1-4H3. The quantitative estimate of drug-likeness (QED) is 0.166. The van der Waals surface area contributed by atoms with Gasteiger partial charge in [0.05, 0.1) is 17.6 Å². The van der Waals surface area contributed by atoms with Crippen molar-refractivity contribution < 1.29 is 31.1 Å². The van der Waals surface area contributed by atoms with Crippen molar-refractivity contribution in [2.24, 2.45) is 4.40 Å². The minimum absolute atomic E-state index is 0.0951. The lowest BCUT2D eigenvalue weighted by Crippen LogP contribution is -2.30. The highest BCUT2D eigenvalue weighted by Gasteiger charge is 2.34. The summed E-state index contributed by atoms with van der Waals surface area (Å²) in [6, 6.07) is 24.8. The fourth-order valence-electron chi connectivity index (χ4n) is 5.07. The number of esters is 1. The lowest BCUT2D eigenvalue weighted by Gasteiger charge is -2.26. The van der Waals surface area contributed by atoms with Gasteiger partial charge in [0.25, 0.3) is 10.0 Å². The van der Waals surface area contributed by atoms with Crippen molar-refractivity contribution in [1.29, 1.82) is 0 Å². The summed E-state index contributed by atoms with van der Waals surface area (Å²) < 4.78 is 67.9. The molecular weight excluding hydrogens is 615 g/mol. The topological polar surface area (TPSA) is 123 Å². The number of hydrogen-bond donors (Lipinski definition) is 0. The number of ether oxygens (including phenoxy) is 2. The van der Waals surface area contributed by atoms with Gasteiger partial charge < -0.3 is 14.4 Å². The summed E-state index contributed by atoms with van der Waals surface area (Å²) in [4.78, 5) is 15.0. The molecule has 10 nitrogen and oxygen atoms in total. The van der Waals surface area contributed by atoms with Crippen LogP contribution in [0.1, 0.15) is 40.9 Å². The van der Waals surface area contributed by atoms with Gasteiger partial charge in [0.1, 0.15) is 16.4 Å². The maximum Gasteiger partial charge on any atom is 0.343 e. The van der Waals surface area contributed by atoms with Gasteiger partial charge in [0.15, 0.2) is 5.84 Å². The molecule has 1 aliphatic rings. The van der Waals surface area contributed by atoms with Crippen molar-refractivity contribution in [3.8, 4) is 11.5 Å². The molecule has 0 radical (unpaired) electrons. The second-order valence-corrected chi connectivity index (χ2v) is 13.8. The summed E-state index contributed by atoms with van der Waals surface area (Å²) in [6.45, 7) is 6.35. The van der Waals surface area contributed by atoms with E-state index in [9.17, 15) is 21.6 Å². The number of carbonyl (C=O) groups is 1. The third-order valence-corrected chi connectivity index (χ3v) is 10.9. The largest absolute Gasteiger partial charge is 0.497 e. The maximum absolute atomic E-state index is 13.0. The number of methoxy groups -OCH3 is 1. The van der Waals surface area contributed by atoms with Crippen LogP contribution in [0.4, 0.5) is 5.69 Å². The zero-order valence-corrected chi connectivity index (χ0v) is 26.9. The minimum atomic E-state index is -3.89. The molecule has 0 N–H and O–H groups in total. The van der Waals surface area contributed by atoms with Gasteiger partial charge in [-0.05, 0) is 84.8 Å². The average molecular weight is 648 g/mol. The number of hydrogen-bond acceptors (Lipinski definition) is 8. The molecule has 0 saturated carbocycles. The number of anilines is 1. The molecule has 0 bridgehead atoms. The summed E-state index contributed by atoms with van der Waals surface area (Å²) in [7, 11) is -5.96. The number of amidine groups is 1. The predicted molar refractivity (Wildman–Crippen MR) is 172 cm³/mol. The number of benzene rings is 4. The van der Waals surface area contributed by atoms with Gasteiger partial charge in [0, 0.05) is 30.9 Å². The number of fused-ring (bicyclic) bond motifs is 1. The van der Waals surface area contributed by atoms with Gasteiger partial charge in [0.2, 0.25) is 10.0 Å². The van der Waals surface area contributed by atoms with Crippen molar-refractivity contribution in [3.05, 3.63) is 113 Å². The van der Waals surface area contributed by atoms with Crippen LogP contribution in [0.25, 0.3) is 0 Å². The van der Waals surface area contributed by atoms with Crippen molar-refractivity contribution in [1.82, 2.24) is 4.31 Å². The number of sulfonamides is 2. The summed E-state index contributed by atoms with van der Waals surface area (Å²) in [5, 5.41) is 0. The Labute approximate surface area is 263 Å². The highest BCUT2D eigenvalue weighted by atomic mass is 32.2. The molecule has 4 aromatic carbocycles. The van der Waals surface area contributed by atoms with E-state index in [1.165, 1.54) is 28.6 Å². The van der Waals surface area contributed by atoms with Crippen LogP contribution in [0.5, 0.6) is 11.5 Å². The zero-order valence-electron chi connectivity index (χ0n) is 25.3. The second-order valence-electron chi connectivity index (χ2n) is 10.3. The number of aryl methyl sites for hydroxylation is 1. The molecule has 0 fully saturated rings. The Morgan fingerprint density at radius 2 is 1.47 bits per heavy atom. The number of rotatable bonds is 10. The van der Waals surface area contributed by atoms with Crippen LogP contribution < -0.4 is 14.4 Å². The van der Waals surface area contributed by atoms with E-state index in [0.717, 1.165) is 11.1 Å². The lowest BCUT2D eigenvalue weighted by molar-refractivity contribution is 0.0734. The van der Waals surface area contributed by atoms with Crippen LogP contribution in [-0.2, 0) is 26.6 Å². The molecule has 4 aromatic rings. The predicted octanol–water partition coefficient (Wildman–Crippen LogP) is 5.41. The Hall–Kier alpha value is -4.52. The van der Waals surface area contributed by atoms with Crippen LogP contribution in [0.2, 0.25) is 0 Å². The van der Waals surface area contributed by atoms with E-state index in [4.69, 9.17) is 9.47 Å². The Balaban J connectivity index is 1.42. The molecule has 0 spiro atoms. The maximum atomic E-state index is 13.0. The molecule has 0 saturated heterocycles. The Morgan fingerprint density at radius 3 is 2.07 bits per heavy atom. The van der Waals surface area contributed by atoms with Crippen LogP contribution in [0.15, 0.2) is 105 Å². The monoisotopic (exact) mass is 647 g/mol. The van der Waals surface area contributed by atoms with E-state index in [2.05, 4.69) is 4.40 Å². The molecule has 0 aliphatic carbocycles. The van der Waals surface area contributed by atoms with E-state index in [1.807, 2.05) is 37.3 Å². The summed E-state index contributed by atoms with van der Waals surface area (Å²) >= 11 is 0. The lowest BCUT2D eigenvalue weighted by atomic mass is 10.1. The first kappa shape index (κ1) is 31.9. The SMILES string of the molecule is CCN(CC)S(=O)(=O)c1ccc(C(=O)Oc2ccc(N(Cc3ccc(OC)cc3)C3=NS(=O)(=O)c4cccc(C)c43)cc2)cc1. The first-order valence-electron chi connectivity index (χ1n) is 14.3. The van der Waals surface area contributed by atoms with E-state index in [-0.39, 0.29) is 21.1 Å². The Kier molecular flexibility index (Phi) is 9.10. The Bertz CT molecular complexity index is 1950. The Morgan fingerprint density at radius 1 is 0.844 bits per heavy atom. The molecule has 0 unspecified atom stereocenters. The molecule has 0 aromatic heterocycles. The fourth-order valence-corrected chi connectivity index (χ4v) is 7.81. The highest BCUT2D eigenvalue weighted by Crippen LogP contribution is 2.34. The van der Waals surface area contributed by atoms with Gasteiger partial charge in [-0.1, -0.05) is 38.1 Å². The summed E-state index contributed by atoms with van der Waals surface area (Å²) in [5.74, 6) is 0.591. The van der Waals surface area contributed by atoms with E-state index in [0.29, 0.717) is 42.5 Å². The molecule has 45 heavy (non-hydrogen) atoms. The fraction of sp³-hybridized carbons (Fsp3) is 0.212. The highest BCUT2D eigenvalue weighted by molar-refractivity contribution is 7.90. The van der Waals surface area contributed by atoms with E-state index in [1.54, 1.807) is 62.3 Å². The van der Waals surface area contributed by atoms with Crippen molar-refractivity contribution in [2.45, 2.75) is 37.1 Å². The molecule has 234 valence electrons. The smallest absolute Gasteiger partial charge is 0.343 e. The minimum Gasteiger partial charge on any atom is -0.497 e. The molecule has 12 heteroatoms. The molecule has 0 amide bonds. The van der Waals surface area contributed by atoms with Gasteiger partial charge in [-0.25, -0.2) is 13.2 Å². The van der Waals surface area contributed by atoms with Gasteiger partial charge >= 0.3 is 5.97 Å². The van der Waals surface area contributed by atoms with Crippen molar-refractivity contribution in [3.63, 3.8) is 0 Å². The normalized spacial score (nSPS) is 13.7. The van der Waals surface area contributed by atoms with Crippen molar-refractivity contribution in [2.75, 3.05) is 25.1 Å². The van der Waals surface area contributed by atoms with Gasteiger partial charge in [-0.3, -0.25) is 0 Å². The molecule has 1 aliphatic heterocycles. The first-order valence-corrected chi connectivity index (χ1v) is 17.1. The number of carbonyl (C=O) groups excluding carboxylic acids is 1.